The first-order valence-electron chi connectivity index (χ1n) is 5.37. The maximum absolute atomic E-state index is 13.0. The summed E-state index contributed by atoms with van der Waals surface area (Å²) in [6.07, 6.45) is -3.86. The monoisotopic (exact) mass is 243 g/mol. The molecule has 1 atom stereocenters. The summed E-state index contributed by atoms with van der Waals surface area (Å²) >= 11 is 0. The van der Waals surface area contributed by atoms with Crippen molar-refractivity contribution in [3.63, 3.8) is 0 Å². The van der Waals surface area contributed by atoms with E-state index in [4.69, 9.17) is 4.74 Å². The Morgan fingerprint density at radius 1 is 1.29 bits per heavy atom. The smallest absolute Gasteiger partial charge is 0.395 e. The Balaban J connectivity index is 1.94. The molecule has 1 aromatic carbocycles. The molecule has 1 N–H and O–H groups in total. The predicted octanol–water partition coefficient (Wildman–Crippen LogP) is 1.67. The number of alkyl halides is 2. The Hall–Kier alpha value is -1.40. The van der Waals surface area contributed by atoms with Crippen LogP contribution in [0.1, 0.15) is 11.7 Å². The number of halogens is 2. The van der Waals surface area contributed by atoms with Gasteiger partial charge in [-0.05, 0) is 6.07 Å². The molecule has 92 valence electrons. The Morgan fingerprint density at radius 3 is 2.94 bits per heavy atom. The molecule has 2 aliphatic heterocycles. The number of benzene rings is 1. The van der Waals surface area contributed by atoms with Crippen molar-refractivity contribution in [2.75, 3.05) is 19.7 Å². The van der Waals surface area contributed by atoms with E-state index in [-0.39, 0.29) is 17.6 Å². The SMILES string of the molecule is FC1(F)Oc2cccc(C3CNCCO3)c2O1. The minimum atomic E-state index is -3.58. The van der Waals surface area contributed by atoms with Crippen LogP contribution in [0.5, 0.6) is 11.5 Å². The summed E-state index contributed by atoms with van der Waals surface area (Å²) in [4.78, 5) is 0. The zero-order valence-electron chi connectivity index (χ0n) is 8.91. The Morgan fingerprint density at radius 2 is 2.18 bits per heavy atom. The molecule has 0 radical (unpaired) electrons. The van der Waals surface area contributed by atoms with Gasteiger partial charge in [0.25, 0.3) is 0 Å². The highest BCUT2D eigenvalue weighted by molar-refractivity contribution is 5.50. The summed E-state index contributed by atoms with van der Waals surface area (Å²) in [7, 11) is 0. The van der Waals surface area contributed by atoms with Crippen molar-refractivity contribution in [1.29, 1.82) is 0 Å². The molecule has 0 amide bonds. The first-order valence-corrected chi connectivity index (χ1v) is 5.37. The fraction of sp³-hybridized carbons (Fsp3) is 0.455. The number of hydrogen-bond acceptors (Lipinski definition) is 4. The maximum Gasteiger partial charge on any atom is 0.586 e. The molecule has 0 spiro atoms. The molecule has 0 aliphatic carbocycles. The van der Waals surface area contributed by atoms with E-state index < -0.39 is 6.29 Å². The van der Waals surface area contributed by atoms with Crippen LogP contribution in [0, 0.1) is 0 Å². The predicted molar refractivity (Wildman–Crippen MR) is 54.2 cm³/mol. The van der Waals surface area contributed by atoms with E-state index in [0.717, 1.165) is 6.54 Å². The van der Waals surface area contributed by atoms with Gasteiger partial charge >= 0.3 is 6.29 Å². The second-order valence-electron chi connectivity index (χ2n) is 3.91. The van der Waals surface area contributed by atoms with E-state index in [9.17, 15) is 8.78 Å². The minimum absolute atomic E-state index is 0.0571. The molecule has 1 saturated heterocycles. The van der Waals surface area contributed by atoms with E-state index in [1.807, 2.05) is 0 Å². The molecule has 3 rings (SSSR count). The standard InChI is InChI=1S/C11H11F2NO3/c12-11(13)16-8-3-1-2-7(10(8)17-11)9-6-14-4-5-15-9/h1-3,9,14H,4-6H2. The fourth-order valence-corrected chi connectivity index (χ4v) is 2.01. The quantitative estimate of drug-likeness (QED) is 0.814. The lowest BCUT2D eigenvalue weighted by Gasteiger charge is -2.24. The summed E-state index contributed by atoms with van der Waals surface area (Å²) < 4.78 is 40.4. The summed E-state index contributed by atoms with van der Waals surface area (Å²) in [5.41, 5.74) is 0.590. The van der Waals surface area contributed by atoms with Crippen molar-refractivity contribution in [1.82, 2.24) is 5.32 Å². The van der Waals surface area contributed by atoms with Crippen LogP contribution in [0.15, 0.2) is 18.2 Å². The van der Waals surface area contributed by atoms with Crippen LogP contribution in [0.4, 0.5) is 8.78 Å². The van der Waals surface area contributed by atoms with Gasteiger partial charge in [-0.1, -0.05) is 12.1 Å². The second kappa shape index (κ2) is 3.82. The third-order valence-electron chi connectivity index (χ3n) is 2.73. The van der Waals surface area contributed by atoms with Crippen LogP contribution < -0.4 is 14.8 Å². The summed E-state index contributed by atoms with van der Waals surface area (Å²) in [5.74, 6) is 0.132. The van der Waals surface area contributed by atoms with E-state index in [1.54, 1.807) is 12.1 Å². The molecule has 0 aromatic heterocycles. The van der Waals surface area contributed by atoms with Gasteiger partial charge in [-0.15, -0.1) is 8.78 Å². The van der Waals surface area contributed by atoms with Gasteiger partial charge in [-0.25, -0.2) is 0 Å². The summed E-state index contributed by atoms with van der Waals surface area (Å²) in [6, 6.07) is 4.81. The second-order valence-corrected chi connectivity index (χ2v) is 3.91. The molecule has 6 heteroatoms. The first kappa shape index (κ1) is 10.7. The van der Waals surface area contributed by atoms with Crippen molar-refractivity contribution in [2.45, 2.75) is 12.4 Å². The van der Waals surface area contributed by atoms with E-state index >= 15 is 0 Å². The van der Waals surface area contributed by atoms with Gasteiger partial charge in [0.2, 0.25) is 0 Å². The van der Waals surface area contributed by atoms with Gasteiger partial charge < -0.3 is 19.5 Å². The third-order valence-corrected chi connectivity index (χ3v) is 2.73. The first-order chi connectivity index (χ1) is 8.16. The van der Waals surface area contributed by atoms with Crippen molar-refractivity contribution < 1.29 is 23.0 Å². The fourth-order valence-electron chi connectivity index (χ4n) is 2.01. The molecule has 2 heterocycles. The van der Waals surface area contributed by atoms with E-state index in [1.165, 1.54) is 6.07 Å². The molecular formula is C11H11F2NO3. The van der Waals surface area contributed by atoms with Gasteiger partial charge in [0.1, 0.15) is 0 Å². The van der Waals surface area contributed by atoms with Gasteiger partial charge in [0.05, 0.1) is 12.7 Å². The minimum Gasteiger partial charge on any atom is -0.395 e. The van der Waals surface area contributed by atoms with Gasteiger partial charge in [-0.3, -0.25) is 0 Å². The topological polar surface area (TPSA) is 39.7 Å². The molecule has 2 aliphatic rings. The lowest BCUT2D eigenvalue weighted by molar-refractivity contribution is -0.287. The lowest BCUT2D eigenvalue weighted by atomic mass is 10.1. The number of fused-ring (bicyclic) bond motifs is 1. The molecule has 1 unspecified atom stereocenters. The van der Waals surface area contributed by atoms with E-state index in [2.05, 4.69) is 14.8 Å². The van der Waals surface area contributed by atoms with Crippen LogP contribution in [-0.2, 0) is 4.74 Å². The van der Waals surface area contributed by atoms with Crippen molar-refractivity contribution in [3.8, 4) is 11.5 Å². The molecule has 0 bridgehead atoms. The Kier molecular flexibility index (Phi) is 2.41. The van der Waals surface area contributed by atoms with Gasteiger partial charge in [0.15, 0.2) is 11.5 Å². The molecule has 1 aromatic rings. The van der Waals surface area contributed by atoms with Crippen molar-refractivity contribution in [3.05, 3.63) is 23.8 Å². The molecule has 1 fully saturated rings. The summed E-state index contributed by atoms with van der Waals surface area (Å²) in [6.45, 7) is 1.88. The number of morpholine rings is 1. The van der Waals surface area contributed by atoms with Crippen molar-refractivity contribution >= 4 is 0 Å². The van der Waals surface area contributed by atoms with Crippen LogP contribution in [-0.4, -0.2) is 26.0 Å². The number of rotatable bonds is 1. The lowest BCUT2D eigenvalue weighted by Crippen LogP contribution is -2.33. The Bertz CT molecular complexity index is 433. The molecule has 4 nitrogen and oxygen atoms in total. The molecule has 17 heavy (non-hydrogen) atoms. The Labute approximate surface area is 96.5 Å². The average Bonchev–Trinajstić information content (AvgIpc) is 2.63. The number of ether oxygens (including phenoxy) is 3. The number of hydrogen-bond donors (Lipinski definition) is 1. The highest BCUT2D eigenvalue weighted by Gasteiger charge is 2.45. The van der Waals surface area contributed by atoms with Crippen molar-refractivity contribution in [2.24, 2.45) is 0 Å². The normalized spacial score (nSPS) is 25.9. The highest BCUT2D eigenvalue weighted by atomic mass is 19.3. The van der Waals surface area contributed by atoms with Crippen LogP contribution in [0.2, 0.25) is 0 Å². The third kappa shape index (κ3) is 1.94. The van der Waals surface area contributed by atoms with Gasteiger partial charge in [0, 0.05) is 18.7 Å². The average molecular weight is 243 g/mol. The summed E-state index contributed by atoms with van der Waals surface area (Å²) in [5, 5.41) is 3.14. The largest absolute Gasteiger partial charge is 0.586 e. The zero-order chi connectivity index (χ0) is 11.9. The highest BCUT2D eigenvalue weighted by Crippen LogP contribution is 2.45. The van der Waals surface area contributed by atoms with Gasteiger partial charge in [-0.2, -0.15) is 0 Å². The van der Waals surface area contributed by atoms with Crippen LogP contribution in [0.25, 0.3) is 0 Å². The number of para-hydroxylation sites is 1. The number of nitrogens with one attached hydrogen (secondary N) is 1. The molecule has 0 saturated carbocycles. The van der Waals surface area contributed by atoms with Crippen LogP contribution in [0.3, 0.4) is 0 Å². The molecular weight excluding hydrogens is 232 g/mol. The van der Waals surface area contributed by atoms with E-state index in [0.29, 0.717) is 18.7 Å². The maximum atomic E-state index is 13.0. The zero-order valence-corrected chi connectivity index (χ0v) is 8.91. The van der Waals surface area contributed by atoms with Crippen LogP contribution >= 0.6 is 0 Å².